The Bertz CT molecular complexity index is 1110. The molecule has 7 heteroatoms. The molecule has 1 saturated carbocycles. The maximum Gasteiger partial charge on any atom is 0.272 e. The van der Waals surface area contributed by atoms with Gasteiger partial charge in [0.1, 0.15) is 11.5 Å². The van der Waals surface area contributed by atoms with Gasteiger partial charge in [-0.25, -0.2) is 9.97 Å². The number of carbonyl (C=O) groups excluding carboxylic acids is 1. The molecule has 154 valence electrons. The normalized spacial score (nSPS) is 15.4. The summed E-state index contributed by atoms with van der Waals surface area (Å²) in [7, 11) is 0. The fourth-order valence-electron chi connectivity index (χ4n) is 4.05. The van der Waals surface area contributed by atoms with Gasteiger partial charge in [-0.15, -0.1) is 0 Å². The van der Waals surface area contributed by atoms with E-state index in [1.54, 1.807) is 6.20 Å². The van der Waals surface area contributed by atoms with Gasteiger partial charge in [0, 0.05) is 41.8 Å². The molecule has 0 saturated heterocycles. The number of amides is 1. The molecule has 3 aromatic rings. The van der Waals surface area contributed by atoms with Crippen LogP contribution in [0.25, 0.3) is 10.9 Å². The number of rotatable bonds is 6. The van der Waals surface area contributed by atoms with Gasteiger partial charge in [-0.1, -0.05) is 13.0 Å². The number of pyridine rings is 3. The number of nitrogens with zero attached hydrogens (tertiary/aromatic N) is 4. The van der Waals surface area contributed by atoms with E-state index in [-0.39, 0.29) is 5.91 Å². The highest BCUT2D eigenvalue weighted by molar-refractivity contribution is 5.97. The van der Waals surface area contributed by atoms with E-state index >= 15 is 0 Å². The largest absolute Gasteiger partial charge is 0.383 e. The van der Waals surface area contributed by atoms with Gasteiger partial charge in [-0.3, -0.25) is 9.78 Å². The zero-order valence-corrected chi connectivity index (χ0v) is 17.1. The maximum atomic E-state index is 13.3. The van der Waals surface area contributed by atoms with Crippen LogP contribution in [0.4, 0.5) is 5.82 Å². The van der Waals surface area contributed by atoms with Crippen molar-refractivity contribution in [3.8, 4) is 0 Å². The van der Waals surface area contributed by atoms with E-state index in [9.17, 15) is 4.79 Å². The van der Waals surface area contributed by atoms with Gasteiger partial charge >= 0.3 is 0 Å². The van der Waals surface area contributed by atoms with Gasteiger partial charge in [0.15, 0.2) is 0 Å². The molecule has 0 unspecified atom stereocenters. The van der Waals surface area contributed by atoms with E-state index in [1.165, 1.54) is 12.8 Å². The number of hydrogen-bond donors (Lipinski definition) is 1. The monoisotopic (exact) mass is 403 g/mol. The molecule has 1 fully saturated rings. The fraction of sp³-hybridized carbons (Fsp3) is 0.391. The van der Waals surface area contributed by atoms with Crippen molar-refractivity contribution in [2.24, 2.45) is 0 Å². The first kappa shape index (κ1) is 18.9. The molecule has 1 aliphatic heterocycles. The van der Waals surface area contributed by atoms with Gasteiger partial charge < -0.3 is 15.4 Å². The smallest absolute Gasteiger partial charge is 0.272 e. The lowest BCUT2D eigenvalue weighted by Gasteiger charge is -2.22. The summed E-state index contributed by atoms with van der Waals surface area (Å²) in [5, 5.41) is 0.891. The van der Waals surface area contributed by atoms with Crippen molar-refractivity contribution in [2.45, 2.75) is 51.9 Å². The van der Waals surface area contributed by atoms with Gasteiger partial charge in [0.05, 0.1) is 24.9 Å². The number of nitrogens with two attached hydrogens (primary N) is 1. The Balaban J connectivity index is 1.43. The van der Waals surface area contributed by atoms with Crippen molar-refractivity contribution < 1.29 is 9.53 Å². The summed E-state index contributed by atoms with van der Waals surface area (Å²) < 4.78 is 5.56. The Morgan fingerprint density at radius 2 is 2.03 bits per heavy atom. The van der Waals surface area contributed by atoms with Crippen molar-refractivity contribution >= 4 is 22.6 Å². The average molecular weight is 403 g/mol. The zero-order chi connectivity index (χ0) is 20.7. The van der Waals surface area contributed by atoms with Crippen LogP contribution in [0, 0.1) is 0 Å². The molecule has 0 radical (unpaired) electrons. The lowest BCUT2D eigenvalue weighted by Crippen LogP contribution is -2.32. The van der Waals surface area contributed by atoms with Crippen LogP contribution in [0.1, 0.15) is 65.0 Å². The minimum absolute atomic E-state index is 0.0884. The number of nitrogen functional groups attached to an aromatic ring is 1. The molecule has 7 nitrogen and oxygen atoms in total. The van der Waals surface area contributed by atoms with E-state index < -0.39 is 0 Å². The molecule has 1 amide bonds. The number of fused-ring (bicyclic) bond motifs is 3. The molecule has 5 rings (SSSR count). The number of ether oxygens (including phenoxy) is 1. The van der Waals surface area contributed by atoms with E-state index in [1.807, 2.05) is 17.2 Å². The Morgan fingerprint density at radius 1 is 1.20 bits per heavy atom. The Hall–Kier alpha value is -3.06. The second-order valence-electron chi connectivity index (χ2n) is 8.13. The van der Waals surface area contributed by atoms with Crippen LogP contribution in [0.2, 0.25) is 0 Å². The SMILES string of the molecule is CCCN(Cc1ccc(C2CC2)nc1)C(=O)c1cc2c3c(c(N)nc2cn1)COC3. The van der Waals surface area contributed by atoms with E-state index in [0.29, 0.717) is 49.2 Å². The lowest BCUT2D eigenvalue weighted by atomic mass is 10.1. The second-order valence-corrected chi connectivity index (χ2v) is 8.13. The van der Waals surface area contributed by atoms with Gasteiger partial charge in [0.2, 0.25) is 0 Å². The predicted octanol–water partition coefficient (Wildman–Crippen LogP) is 3.57. The first-order valence-corrected chi connectivity index (χ1v) is 10.5. The van der Waals surface area contributed by atoms with Crippen LogP contribution in [-0.2, 0) is 24.5 Å². The number of aromatic nitrogens is 3. The summed E-state index contributed by atoms with van der Waals surface area (Å²) in [4.78, 5) is 28.5. The van der Waals surface area contributed by atoms with Crippen LogP contribution in [0.5, 0.6) is 0 Å². The van der Waals surface area contributed by atoms with Crippen molar-refractivity contribution in [3.63, 3.8) is 0 Å². The van der Waals surface area contributed by atoms with Crippen LogP contribution in [0.3, 0.4) is 0 Å². The van der Waals surface area contributed by atoms with Gasteiger partial charge in [-0.2, -0.15) is 0 Å². The molecule has 2 N–H and O–H groups in total. The van der Waals surface area contributed by atoms with E-state index in [4.69, 9.17) is 10.5 Å². The average Bonchev–Trinajstić information content (AvgIpc) is 3.49. The molecule has 30 heavy (non-hydrogen) atoms. The number of carbonyl (C=O) groups is 1. The van der Waals surface area contributed by atoms with E-state index in [0.717, 1.165) is 34.2 Å². The standard InChI is InChI=1S/C23H25N5O2/c1-2-7-28(11-14-3-6-19(25-9-14)15-4-5-15)23(29)20-8-16-17-12-30-13-18(17)22(24)27-21(16)10-26-20/h3,6,8-10,15H,2,4-5,7,11-13H2,1H3,(H2,24,27). The first-order valence-electron chi connectivity index (χ1n) is 10.5. The van der Waals surface area contributed by atoms with Crippen LogP contribution in [0.15, 0.2) is 30.6 Å². The minimum atomic E-state index is -0.0884. The summed E-state index contributed by atoms with van der Waals surface area (Å²) >= 11 is 0. The fourth-order valence-corrected chi connectivity index (χ4v) is 4.05. The lowest BCUT2D eigenvalue weighted by molar-refractivity contribution is 0.0737. The highest BCUT2D eigenvalue weighted by atomic mass is 16.5. The van der Waals surface area contributed by atoms with Crippen LogP contribution >= 0.6 is 0 Å². The molecular weight excluding hydrogens is 378 g/mol. The molecule has 0 bridgehead atoms. The number of anilines is 1. The maximum absolute atomic E-state index is 13.3. The third-order valence-electron chi connectivity index (χ3n) is 5.83. The first-order chi connectivity index (χ1) is 14.6. The summed E-state index contributed by atoms with van der Waals surface area (Å²) in [5.41, 5.74) is 11.3. The summed E-state index contributed by atoms with van der Waals surface area (Å²) in [6.45, 7) is 4.19. The molecule has 1 aliphatic carbocycles. The van der Waals surface area contributed by atoms with Crippen LogP contribution in [-0.4, -0.2) is 32.3 Å². The third-order valence-corrected chi connectivity index (χ3v) is 5.83. The van der Waals surface area contributed by atoms with Crippen molar-refractivity contribution in [1.82, 2.24) is 19.9 Å². The Morgan fingerprint density at radius 3 is 2.77 bits per heavy atom. The number of hydrogen-bond acceptors (Lipinski definition) is 6. The highest BCUT2D eigenvalue weighted by Crippen LogP contribution is 2.38. The molecule has 0 aromatic carbocycles. The summed E-state index contributed by atoms with van der Waals surface area (Å²) in [6, 6.07) is 6.01. The summed E-state index contributed by atoms with van der Waals surface area (Å²) in [6.07, 6.45) is 6.86. The molecular formula is C23H25N5O2. The van der Waals surface area contributed by atoms with Crippen molar-refractivity contribution in [3.05, 3.63) is 58.7 Å². The quantitative estimate of drug-likeness (QED) is 0.676. The molecule has 4 heterocycles. The molecule has 2 aliphatic rings. The van der Waals surface area contributed by atoms with Crippen molar-refractivity contribution in [2.75, 3.05) is 12.3 Å². The molecule has 0 atom stereocenters. The Labute approximate surface area is 175 Å². The zero-order valence-electron chi connectivity index (χ0n) is 17.1. The van der Waals surface area contributed by atoms with Gasteiger partial charge in [0.25, 0.3) is 5.91 Å². The van der Waals surface area contributed by atoms with E-state index in [2.05, 4.69) is 34.0 Å². The predicted molar refractivity (Wildman–Crippen MR) is 114 cm³/mol. The van der Waals surface area contributed by atoms with Crippen molar-refractivity contribution in [1.29, 1.82) is 0 Å². The van der Waals surface area contributed by atoms with Gasteiger partial charge in [-0.05, 0) is 42.5 Å². The third kappa shape index (κ3) is 3.50. The highest BCUT2D eigenvalue weighted by Gasteiger charge is 2.25. The molecule has 3 aromatic heterocycles. The minimum Gasteiger partial charge on any atom is -0.383 e. The Kier molecular flexibility index (Phi) is 4.83. The summed E-state index contributed by atoms with van der Waals surface area (Å²) in [5.74, 6) is 1.02. The second kappa shape index (κ2) is 7.65. The topological polar surface area (TPSA) is 94.2 Å². The molecule has 0 spiro atoms. The van der Waals surface area contributed by atoms with Crippen LogP contribution < -0.4 is 5.73 Å².